The van der Waals surface area contributed by atoms with Gasteiger partial charge in [-0.3, -0.25) is 9.36 Å². The summed E-state index contributed by atoms with van der Waals surface area (Å²) in [5, 5.41) is 3.35. The third-order valence-electron chi connectivity index (χ3n) is 5.16. The number of nitrogens with zero attached hydrogens (tertiary/aromatic N) is 2. The number of benzene rings is 2. The number of halogens is 5. The van der Waals surface area contributed by atoms with Crippen LogP contribution in [0.25, 0.3) is 0 Å². The Kier molecular flexibility index (Phi) is 8.02. The van der Waals surface area contributed by atoms with Crippen LogP contribution in [-0.4, -0.2) is 46.9 Å². The number of rotatable bonds is 8. The fraction of sp³-hybridized carbons (Fsp3) is 0.333. The topological polar surface area (TPSA) is 83.8 Å². The first kappa shape index (κ1) is 27.2. The predicted molar refractivity (Wildman–Crippen MR) is 131 cm³/mol. The molecule has 3 aromatic rings. The third-order valence-corrected chi connectivity index (χ3v) is 5.97. The van der Waals surface area contributed by atoms with Crippen molar-refractivity contribution in [3.8, 4) is 17.5 Å². The summed E-state index contributed by atoms with van der Waals surface area (Å²) in [6, 6.07) is 11.9. The lowest BCUT2D eigenvalue weighted by Crippen LogP contribution is -2.35. The van der Waals surface area contributed by atoms with Gasteiger partial charge in [0.05, 0.1) is 13.2 Å². The SMILES string of the molecule is CC1(C)OCC(CNC(=O)c2c(Br)nc(Oc3cccc(OC(F)(F)F)c3)n2Cc2ccc(Cl)cc2)O1. The van der Waals surface area contributed by atoms with Gasteiger partial charge in [-0.15, -0.1) is 13.2 Å². The standard InChI is InChI=1S/C24H22BrClF3N3O5/c1-23(2)34-13-18(36-23)11-30-21(33)19-20(25)31-22(32(19)12-14-6-8-15(26)9-7-14)35-16-4-3-5-17(10-16)37-24(27,28)29/h3-10,18H,11-13H2,1-2H3,(H,30,33). The first-order chi connectivity index (χ1) is 17.4. The highest BCUT2D eigenvalue weighted by Gasteiger charge is 2.34. The van der Waals surface area contributed by atoms with Crippen LogP contribution in [0.1, 0.15) is 29.9 Å². The molecule has 0 aliphatic carbocycles. The smallest absolute Gasteiger partial charge is 0.425 e. The van der Waals surface area contributed by atoms with Crippen molar-refractivity contribution in [1.29, 1.82) is 0 Å². The van der Waals surface area contributed by atoms with Crippen molar-refractivity contribution in [2.24, 2.45) is 0 Å². The van der Waals surface area contributed by atoms with E-state index in [0.717, 1.165) is 17.7 Å². The monoisotopic (exact) mass is 603 g/mol. The Morgan fingerprint density at radius 3 is 2.59 bits per heavy atom. The van der Waals surface area contributed by atoms with E-state index in [4.69, 9.17) is 25.8 Å². The first-order valence-electron chi connectivity index (χ1n) is 11.0. The molecule has 1 amide bonds. The molecule has 2 aromatic carbocycles. The number of hydrogen-bond donors (Lipinski definition) is 1. The lowest BCUT2D eigenvalue weighted by Gasteiger charge is -2.17. The summed E-state index contributed by atoms with van der Waals surface area (Å²) < 4.78 is 60.7. The lowest BCUT2D eigenvalue weighted by atomic mass is 10.2. The Hall–Kier alpha value is -2.80. The molecule has 1 aliphatic heterocycles. The van der Waals surface area contributed by atoms with Crippen LogP contribution in [0.4, 0.5) is 13.2 Å². The van der Waals surface area contributed by atoms with Crippen molar-refractivity contribution >= 4 is 33.4 Å². The Bertz CT molecular complexity index is 1270. The van der Waals surface area contributed by atoms with Gasteiger partial charge >= 0.3 is 12.4 Å². The Labute approximate surface area is 223 Å². The van der Waals surface area contributed by atoms with E-state index >= 15 is 0 Å². The fourth-order valence-electron chi connectivity index (χ4n) is 3.61. The minimum Gasteiger partial charge on any atom is -0.425 e. The summed E-state index contributed by atoms with van der Waals surface area (Å²) in [4.78, 5) is 17.5. The predicted octanol–water partition coefficient (Wildman–Crippen LogP) is 5.92. The van der Waals surface area contributed by atoms with Gasteiger partial charge in [-0.1, -0.05) is 29.8 Å². The molecule has 0 radical (unpaired) electrons. The number of ether oxygens (including phenoxy) is 4. The van der Waals surface area contributed by atoms with Crippen molar-refractivity contribution in [2.75, 3.05) is 13.2 Å². The second-order valence-corrected chi connectivity index (χ2v) is 9.72. The molecule has 8 nitrogen and oxygen atoms in total. The summed E-state index contributed by atoms with van der Waals surface area (Å²) in [5.74, 6) is -1.63. The Balaban J connectivity index is 1.61. The van der Waals surface area contributed by atoms with E-state index in [9.17, 15) is 18.0 Å². The van der Waals surface area contributed by atoms with Crippen molar-refractivity contribution < 1.29 is 36.9 Å². The summed E-state index contributed by atoms with van der Waals surface area (Å²) in [6.45, 7) is 4.23. The maximum absolute atomic E-state index is 13.2. The van der Waals surface area contributed by atoms with Crippen LogP contribution in [0, 0.1) is 0 Å². The van der Waals surface area contributed by atoms with Crippen molar-refractivity contribution in [3.63, 3.8) is 0 Å². The van der Waals surface area contributed by atoms with Crippen LogP contribution in [0.15, 0.2) is 53.1 Å². The quantitative estimate of drug-likeness (QED) is 0.344. The summed E-state index contributed by atoms with van der Waals surface area (Å²) in [6.07, 6.45) is -5.19. The van der Waals surface area contributed by atoms with E-state index in [1.165, 1.54) is 16.7 Å². The molecular formula is C24H22BrClF3N3O5. The average Bonchev–Trinajstić information content (AvgIpc) is 3.30. The number of alkyl halides is 3. The lowest BCUT2D eigenvalue weighted by molar-refractivity contribution is -0.274. The highest BCUT2D eigenvalue weighted by atomic mass is 79.9. The normalized spacial score (nSPS) is 17.0. The van der Waals surface area contributed by atoms with Gasteiger partial charge in [0, 0.05) is 17.6 Å². The van der Waals surface area contributed by atoms with E-state index in [1.807, 2.05) is 0 Å². The summed E-state index contributed by atoms with van der Waals surface area (Å²) in [7, 11) is 0. The van der Waals surface area contributed by atoms with Gasteiger partial charge < -0.3 is 24.3 Å². The number of carbonyl (C=O) groups is 1. The third kappa shape index (κ3) is 7.37. The molecule has 1 atom stereocenters. The first-order valence-corrected chi connectivity index (χ1v) is 12.2. The van der Waals surface area contributed by atoms with Gasteiger partial charge in [0.15, 0.2) is 5.79 Å². The molecule has 13 heteroatoms. The maximum atomic E-state index is 13.2. The molecule has 1 unspecified atom stereocenters. The van der Waals surface area contributed by atoms with Crippen molar-refractivity contribution in [3.05, 3.63) is 69.4 Å². The van der Waals surface area contributed by atoms with Gasteiger partial charge in [-0.2, -0.15) is 4.98 Å². The number of imidazole rings is 1. The molecule has 1 fully saturated rings. The number of amides is 1. The minimum atomic E-state index is -4.86. The van der Waals surface area contributed by atoms with Crippen LogP contribution in [0.2, 0.25) is 5.02 Å². The van der Waals surface area contributed by atoms with Crippen LogP contribution in [0.5, 0.6) is 17.5 Å². The second kappa shape index (κ2) is 10.9. The molecule has 1 aromatic heterocycles. The molecule has 37 heavy (non-hydrogen) atoms. The van der Waals surface area contributed by atoms with Gasteiger partial charge in [-0.05, 0) is 59.6 Å². The highest BCUT2D eigenvalue weighted by molar-refractivity contribution is 9.10. The van der Waals surface area contributed by atoms with Crippen LogP contribution >= 0.6 is 27.5 Å². The molecule has 4 rings (SSSR count). The van der Waals surface area contributed by atoms with Gasteiger partial charge in [0.25, 0.3) is 5.91 Å². The minimum absolute atomic E-state index is 0.0299. The van der Waals surface area contributed by atoms with Crippen LogP contribution in [0.3, 0.4) is 0 Å². The van der Waals surface area contributed by atoms with Gasteiger partial charge in [0.1, 0.15) is 27.9 Å². The van der Waals surface area contributed by atoms with E-state index in [1.54, 1.807) is 38.1 Å². The molecule has 198 valence electrons. The van der Waals surface area contributed by atoms with E-state index in [0.29, 0.717) is 11.6 Å². The molecule has 1 N–H and O–H groups in total. The number of hydrogen-bond acceptors (Lipinski definition) is 6. The average molecular weight is 605 g/mol. The number of aromatic nitrogens is 2. The molecule has 0 saturated carbocycles. The Morgan fingerprint density at radius 1 is 1.24 bits per heavy atom. The van der Waals surface area contributed by atoms with E-state index in [2.05, 4.69) is 31.0 Å². The zero-order chi connectivity index (χ0) is 26.8. The summed E-state index contributed by atoms with van der Waals surface area (Å²) >= 11 is 9.30. The molecule has 0 spiro atoms. The van der Waals surface area contributed by atoms with E-state index < -0.39 is 23.8 Å². The zero-order valence-corrected chi connectivity index (χ0v) is 22.0. The fourth-order valence-corrected chi connectivity index (χ4v) is 4.28. The van der Waals surface area contributed by atoms with Gasteiger partial charge in [-0.25, -0.2) is 0 Å². The van der Waals surface area contributed by atoms with Gasteiger partial charge in [0.2, 0.25) is 0 Å². The van der Waals surface area contributed by atoms with Crippen LogP contribution < -0.4 is 14.8 Å². The molecule has 0 bridgehead atoms. The zero-order valence-electron chi connectivity index (χ0n) is 19.6. The largest absolute Gasteiger partial charge is 0.573 e. The molecular weight excluding hydrogens is 583 g/mol. The molecule has 2 heterocycles. The number of nitrogens with one attached hydrogen (secondary N) is 1. The Morgan fingerprint density at radius 2 is 1.95 bits per heavy atom. The maximum Gasteiger partial charge on any atom is 0.573 e. The number of carbonyl (C=O) groups excluding carboxylic acids is 1. The molecule has 1 aliphatic rings. The molecule has 1 saturated heterocycles. The van der Waals surface area contributed by atoms with Crippen molar-refractivity contribution in [2.45, 2.75) is 38.6 Å². The van der Waals surface area contributed by atoms with Crippen LogP contribution in [-0.2, 0) is 16.0 Å². The van der Waals surface area contributed by atoms with E-state index in [-0.39, 0.29) is 41.3 Å². The summed E-state index contributed by atoms with van der Waals surface area (Å²) in [5.41, 5.74) is 0.919. The van der Waals surface area contributed by atoms with Crippen molar-refractivity contribution in [1.82, 2.24) is 14.9 Å². The highest BCUT2D eigenvalue weighted by Crippen LogP contribution is 2.32. The second-order valence-electron chi connectivity index (χ2n) is 8.53.